The van der Waals surface area contributed by atoms with Gasteiger partial charge >= 0.3 is 0 Å². The van der Waals surface area contributed by atoms with E-state index >= 15 is 0 Å². The summed E-state index contributed by atoms with van der Waals surface area (Å²) in [5.41, 5.74) is 0. The van der Waals surface area contributed by atoms with Crippen LogP contribution in [-0.4, -0.2) is 49.9 Å². The molecule has 1 fully saturated rings. The van der Waals surface area contributed by atoms with Crippen molar-refractivity contribution in [1.82, 2.24) is 4.90 Å². The second-order valence-corrected chi connectivity index (χ2v) is 9.73. The molecule has 26 heavy (non-hydrogen) atoms. The summed E-state index contributed by atoms with van der Waals surface area (Å²) in [7, 11) is -3.03. The number of amides is 1. The summed E-state index contributed by atoms with van der Waals surface area (Å²) in [6, 6.07) is 11.4. The lowest BCUT2D eigenvalue weighted by Crippen LogP contribution is -2.44. The van der Waals surface area contributed by atoms with Crippen LogP contribution in [0.25, 0.3) is 10.8 Å². The predicted molar refractivity (Wildman–Crippen MR) is 106 cm³/mol. The molecule has 0 N–H and O–H groups in total. The zero-order valence-electron chi connectivity index (χ0n) is 14.7. The molecule has 140 valence electrons. The quantitative estimate of drug-likeness (QED) is 0.691. The van der Waals surface area contributed by atoms with Gasteiger partial charge < -0.3 is 9.64 Å². The molecule has 1 aliphatic rings. The number of halogens is 1. The first-order valence-corrected chi connectivity index (χ1v) is 11.3. The van der Waals surface area contributed by atoms with Crippen LogP contribution in [0.4, 0.5) is 0 Å². The highest BCUT2D eigenvalue weighted by Crippen LogP contribution is 2.24. The number of rotatable bonds is 6. The average molecular weight is 440 g/mol. The fraction of sp³-hybridized carbons (Fsp3) is 0.421. The summed E-state index contributed by atoms with van der Waals surface area (Å²) in [6.07, 6.45) is 1.30. The molecule has 0 saturated carbocycles. The summed E-state index contributed by atoms with van der Waals surface area (Å²) in [6.45, 7) is 2.44. The Bertz CT molecular complexity index is 913. The first-order valence-electron chi connectivity index (χ1n) is 8.70. The molecule has 2 aromatic rings. The molecule has 1 aliphatic heterocycles. The van der Waals surface area contributed by atoms with E-state index in [2.05, 4.69) is 15.9 Å². The van der Waals surface area contributed by atoms with E-state index in [1.807, 2.05) is 43.3 Å². The predicted octanol–water partition coefficient (Wildman–Crippen LogP) is 3.41. The molecule has 1 saturated heterocycles. The zero-order valence-corrected chi connectivity index (χ0v) is 17.1. The lowest BCUT2D eigenvalue weighted by atomic mass is 10.1. The number of carbonyl (C=O) groups excluding carboxylic acids is 1. The number of ether oxygens (including phenoxy) is 1. The molecule has 1 amide bonds. The highest BCUT2D eigenvalue weighted by Gasteiger charge is 2.34. The molecule has 2 aromatic carbocycles. The van der Waals surface area contributed by atoms with Gasteiger partial charge in [0.1, 0.15) is 5.75 Å². The Balaban J connectivity index is 1.67. The van der Waals surface area contributed by atoms with Gasteiger partial charge in [0.25, 0.3) is 5.91 Å². The summed E-state index contributed by atoms with van der Waals surface area (Å²) < 4.78 is 30.2. The van der Waals surface area contributed by atoms with Gasteiger partial charge in [-0.25, -0.2) is 8.42 Å². The summed E-state index contributed by atoms with van der Waals surface area (Å²) in [5.74, 6) is 0.684. The average Bonchev–Trinajstić information content (AvgIpc) is 2.97. The SMILES string of the molecule is CCCN(C(=O)COc1ccc2cc(Br)ccc2c1)C1CCS(=O)(=O)C1. The molecule has 0 bridgehead atoms. The second kappa shape index (κ2) is 7.96. The van der Waals surface area contributed by atoms with Crippen molar-refractivity contribution < 1.29 is 17.9 Å². The minimum Gasteiger partial charge on any atom is -0.484 e. The van der Waals surface area contributed by atoms with E-state index in [1.165, 1.54) is 0 Å². The van der Waals surface area contributed by atoms with Gasteiger partial charge in [0.2, 0.25) is 0 Å². The van der Waals surface area contributed by atoms with Gasteiger partial charge in [0.05, 0.1) is 11.5 Å². The van der Waals surface area contributed by atoms with Crippen molar-refractivity contribution in [3.05, 3.63) is 40.9 Å². The molecule has 0 spiro atoms. The first kappa shape index (κ1) is 19.2. The van der Waals surface area contributed by atoms with Gasteiger partial charge in [0, 0.05) is 17.1 Å². The van der Waals surface area contributed by atoms with E-state index in [0.29, 0.717) is 18.7 Å². The van der Waals surface area contributed by atoms with E-state index in [1.54, 1.807) is 4.90 Å². The van der Waals surface area contributed by atoms with Crippen LogP contribution in [0.5, 0.6) is 5.75 Å². The van der Waals surface area contributed by atoms with E-state index < -0.39 is 9.84 Å². The van der Waals surface area contributed by atoms with Crippen molar-refractivity contribution in [3.8, 4) is 5.75 Å². The lowest BCUT2D eigenvalue weighted by molar-refractivity contribution is -0.135. The van der Waals surface area contributed by atoms with Crippen molar-refractivity contribution in [2.45, 2.75) is 25.8 Å². The number of nitrogens with zero attached hydrogens (tertiary/aromatic N) is 1. The smallest absolute Gasteiger partial charge is 0.260 e. The molecule has 0 aliphatic carbocycles. The van der Waals surface area contributed by atoms with Crippen LogP contribution < -0.4 is 4.74 Å². The van der Waals surface area contributed by atoms with Gasteiger partial charge in [0.15, 0.2) is 16.4 Å². The standard InChI is InChI=1S/C19H22BrNO4S/c1-2-8-21(17-7-9-26(23,24)13-17)19(22)12-25-18-6-4-14-10-16(20)5-3-15(14)11-18/h3-6,10-11,17H,2,7-9,12-13H2,1H3. The van der Waals surface area contributed by atoms with Gasteiger partial charge in [-0.05, 0) is 47.9 Å². The van der Waals surface area contributed by atoms with Crippen LogP contribution in [0.15, 0.2) is 40.9 Å². The van der Waals surface area contributed by atoms with Crippen LogP contribution >= 0.6 is 15.9 Å². The van der Waals surface area contributed by atoms with Gasteiger partial charge in [-0.2, -0.15) is 0 Å². The Labute approximate surface area is 162 Å². The Hall–Kier alpha value is -1.60. The van der Waals surface area contributed by atoms with Crippen LogP contribution in [0.3, 0.4) is 0 Å². The minimum absolute atomic E-state index is 0.0591. The maximum absolute atomic E-state index is 12.6. The monoisotopic (exact) mass is 439 g/mol. The molecule has 1 heterocycles. The highest BCUT2D eigenvalue weighted by molar-refractivity contribution is 9.10. The van der Waals surface area contributed by atoms with Crippen molar-refractivity contribution >= 4 is 42.4 Å². The van der Waals surface area contributed by atoms with Crippen LogP contribution in [-0.2, 0) is 14.6 Å². The first-order chi connectivity index (χ1) is 12.4. The normalized spacial score (nSPS) is 18.8. The third-order valence-electron chi connectivity index (χ3n) is 4.57. The van der Waals surface area contributed by atoms with Gasteiger partial charge in [-0.15, -0.1) is 0 Å². The van der Waals surface area contributed by atoms with E-state index in [4.69, 9.17) is 4.74 Å². The topological polar surface area (TPSA) is 63.7 Å². The maximum Gasteiger partial charge on any atom is 0.260 e. The molecule has 5 nitrogen and oxygen atoms in total. The molecule has 7 heteroatoms. The van der Waals surface area contributed by atoms with E-state index in [-0.39, 0.29) is 30.1 Å². The molecule has 3 rings (SSSR count). The lowest BCUT2D eigenvalue weighted by Gasteiger charge is -2.27. The fourth-order valence-electron chi connectivity index (χ4n) is 3.29. The van der Waals surface area contributed by atoms with Crippen molar-refractivity contribution in [3.63, 3.8) is 0 Å². The number of hydrogen-bond donors (Lipinski definition) is 0. The molecular weight excluding hydrogens is 418 g/mol. The van der Waals surface area contributed by atoms with Crippen LogP contribution in [0.1, 0.15) is 19.8 Å². The number of carbonyl (C=O) groups is 1. The second-order valence-electron chi connectivity index (χ2n) is 6.59. The summed E-state index contributed by atoms with van der Waals surface area (Å²) in [4.78, 5) is 14.3. The number of sulfone groups is 1. The van der Waals surface area contributed by atoms with E-state index in [0.717, 1.165) is 21.7 Å². The molecule has 0 radical (unpaired) electrons. The number of fused-ring (bicyclic) bond motifs is 1. The maximum atomic E-state index is 12.6. The Kier molecular flexibility index (Phi) is 5.87. The Morgan fingerprint density at radius 2 is 1.96 bits per heavy atom. The number of hydrogen-bond acceptors (Lipinski definition) is 4. The van der Waals surface area contributed by atoms with Crippen molar-refractivity contribution in [2.75, 3.05) is 24.7 Å². The highest BCUT2D eigenvalue weighted by atomic mass is 79.9. The molecule has 1 atom stereocenters. The molecular formula is C19H22BrNO4S. The van der Waals surface area contributed by atoms with Gasteiger partial charge in [-0.1, -0.05) is 35.0 Å². The zero-order chi connectivity index (χ0) is 18.7. The Morgan fingerprint density at radius 1 is 1.23 bits per heavy atom. The largest absolute Gasteiger partial charge is 0.484 e. The minimum atomic E-state index is -3.03. The third-order valence-corrected chi connectivity index (χ3v) is 6.81. The summed E-state index contributed by atoms with van der Waals surface area (Å²) in [5, 5.41) is 2.12. The third kappa shape index (κ3) is 4.57. The van der Waals surface area contributed by atoms with E-state index in [9.17, 15) is 13.2 Å². The summed E-state index contributed by atoms with van der Waals surface area (Å²) >= 11 is 3.45. The molecule has 0 aromatic heterocycles. The fourth-order valence-corrected chi connectivity index (χ4v) is 5.39. The molecule has 1 unspecified atom stereocenters. The Morgan fingerprint density at radius 3 is 2.65 bits per heavy atom. The van der Waals surface area contributed by atoms with Crippen LogP contribution in [0.2, 0.25) is 0 Å². The van der Waals surface area contributed by atoms with Crippen LogP contribution in [0, 0.1) is 0 Å². The van der Waals surface area contributed by atoms with Crippen molar-refractivity contribution in [1.29, 1.82) is 0 Å². The number of benzene rings is 2. The van der Waals surface area contributed by atoms with Gasteiger partial charge in [-0.3, -0.25) is 4.79 Å². The van der Waals surface area contributed by atoms with Crippen molar-refractivity contribution in [2.24, 2.45) is 0 Å².